The van der Waals surface area contributed by atoms with E-state index in [4.69, 9.17) is 19.6 Å². The molecule has 0 aromatic heterocycles. The van der Waals surface area contributed by atoms with Crippen molar-refractivity contribution < 1.29 is 94.9 Å². The molecule has 0 saturated carbocycles. The summed E-state index contributed by atoms with van der Waals surface area (Å²) in [6.07, 6.45) is 2.72. The summed E-state index contributed by atoms with van der Waals surface area (Å²) in [7, 11) is -10.9. The van der Waals surface area contributed by atoms with Gasteiger partial charge in [0, 0.05) is 10.6 Å². The van der Waals surface area contributed by atoms with E-state index in [2.05, 4.69) is 5.32 Å². The van der Waals surface area contributed by atoms with Gasteiger partial charge < -0.3 is 22.4 Å². The Kier molecular flexibility index (Phi) is 16.7. The maximum absolute atomic E-state index is 12.0. The van der Waals surface area contributed by atoms with E-state index >= 15 is 0 Å². The Morgan fingerprint density at radius 2 is 1.42 bits per heavy atom. The predicted molar refractivity (Wildman–Crippen MR) is 94.3 cm³/mol. The van der Waals surface area contributed by atoms with Crippen molar-refractivity contribution in [2.75, 3.05) is 12.3 Å². The van der Waals surface area contributed by atoms with Gasteiger partial charge in [0.05, 0.1) is 10.8 Å². The molecular formula is C13H25NNa2O7P2S. The van der Waals surface area contributed by atoms with Crippen LogP contribution in [-0.2, 0) is 19.9 Å². The Morgan fingerprint density at radius 3 is 1.92 bits per heavy atom. The van der Waals surface area contributed by atoms with Gasteiger partial charge in [-0.25, -0.2) is 0 Å². The molecule has 1 unspecified atom stereocenters. The minimum Gasteiger partial charge on any atom is -1.00 e. The normalized spacial score (nSPS) is 13.0. The second-order valence-electron chi connectivity index (χ2n) is 5.28. The molecule has 0 radical (unpaired) electrons. The van der Waals surface area contributed by atoms with Gasteiger partial charge in [-0.3, -0.25) is 18.7 Å². The molecule has 0 spiro atoms. The third-order valence-corrected chi connectivity index (χ3v) is 8.13. The van der Waals surface area contributed by atoms with Crippen LogP contribution in [0.25, 0.3) is 0 Å². The molecule has 0 aliphatic heterocycles. The van der Waals surface area contributed by atoms with E-state index in [1.807, 2.05) is 30.3 Å². The van der Waals surface area contributed by atoms with Gasteiger partial charge >= 0.3 is 74.3 Å². The fraction of sp³-hybridized carbons (Fsp3) is 0.538. The summed E-state index contributed by atoms with van der Waals surface area (Å²) in [6, 6.07) is 9.14. The number of hydrogen-bond donors (Lipinski definition) is 5. The molecule has 142 valence electrons. The van der Waals surface area contributed by atoms with Crippen molar-refractivity contribution in [2.24, 2.45) is 0 Å². The summed E-state index contributed by atoms with van der Waals surface area (Å²) in [5, 5.41) is 2.24. The summed E-state index contributed by atoms with van der Waals surface area (Å²) < 4.78 is 34.1. The molecule has 13 heteroatoms. The summed E-state index contributed by atoms with van der Waals surface area (Å²) in [5.41, 5.74) is -2.16. The first-order chi connectivity index (χ1) is 11.1. The molecule has 5 N–H and O–H groups in total. The molecule has 26 heavy (non-hydrogen) atoms. The molecular weight excluding hydrogens is 422 g/mol. The molecule has 1 rings (SSSR count). The van der Waals surface area contributed by atoms with Crippen LogP contribution in [0.3, 0.4) is 0 Å². The smallest absolute Gasteiger partial charge is 1.00 e. The Balaban J connectivity index is -0.000000720. The van der Waals surface area contributed by atoms with Gasteiger partial charge in [-0.15, -0.1) is 0 Å². The molecule has 0 saturated heterocycles. The van der Waals surface area contributed by atoms with E-state index in [1.54, 1.807) is 0 Å². The van der Waals surface area contributed by atoms with Crippen LogP contribution in [0.15, 0.2) is 35.2 Å². The van der Waals surface area contributed by atoms with E-state index < -0.39 is 31.5 Å². The van der Waals surface area contributed by atoms with Crippen LogP contribution in [0.4, 0.5) is 0 Å². The van der Waals surface area contributed by atoms with Crippen molar-refractivity contribution in [3.8, 4) is 0 Å². The topological polar surface area (TPSA) is 144 Å². The number of nitrogens with one attached hydrogen (secondary N) is 1. The van der Waals surface area contributed by atoms with Gasteiger partial charge in [-0.2, -0.15) is 0 Å². The number of benzene rings is 1. The van der Waals surface area contributed by atoms with Crippen LogP contribution in [0.1, 0.15) is 28.5 Å². The monoisotopic (exact) mass is 447 g/mol. The Bertz CT molecular complexity index is 615. The Labute approximate surface area is 203 Å². The van der Waals surface area contributed by atoms with E-state index in [9.17, 15) is 13.3 Å². The summed E-state index contributed by atoms with van der Waals surface area (Å²) in [6.45, 7) is 0.0860. The van der Waals surface area contributed by atoms with E-state index in [0.717, 1.165) is 17.7 Å². The average Bonchev–Trinajstić information content (AvgIpc) is 2.48. The third-order valence-electron chi connectivity index (χ3n) is 3.23. The fourth-order valence-corrected chi connectivity index (χ4v) is 5.53. The largest absolute Gasteiger partial charge is 1.00 e. The van der Waals surface area contributed by atoms with Gasteiger partial charge in [0.2, 0.25) is 5.52 Å². The van der Waals surface area contributed by atoms with Crippen LogP contribution in [0.5, 0.6) is 0 Å². The van der Waals surface area contributed by atoms with Crippen LogP contribution in [0.2, 0.25) is 0 Å². The van der Waals surface area contributed by atoms with Crippen molar-refractivity contribution in [1.29, 1.82) is 0 Å². The number of rotatable bonds is 11. The minimum atomic E-state index is -4.92. The van der Waals surface area contributed by atoms with E-state index in [-0.39, 0.29) is 68.5 Å². The molecule has 0 amide bonds. The van der Waals surface area contributed by atoms with Crippen molar-refractivity contribution in [3.63, 3.8) is 0 Å². The minimum absolute atomic E-state index is 0. The SMILES string of the molecule is O=S(CCCCCCNC(P(=O)(O)O)P(=O)(O)O)c1ccccc1.[H-].[H-].[Na+].[Na+]. The fourth-order valence-electron chi connectivity index (χ4n) is 2.07. The summed E-state index contributed by atoms with van der Waals surface area (Å²) in [4.78, 5) is 36.6. The molecule has 1 atom stereocenters. The maximum atomic E-state index is 12.0. The second-order valence-corrected chi connectivity index (χ2v) is 10.7. The zero-order valence-corrected chi connectivity index (χ0v) is 21.6. The maximum Gasteiger partial charge on any atom is 1.00 e. The van der Waals surface area contributed by atoms with Crippen molar-refractivity contribution in [1.82, 2.24) is 5.32 Å². The van der Waals surface area contributed by atoms with Gasteiger partial charge in [-0.1, -0.05) is 31.0 Å². The third kappa shape index (κ3) is 12.2. The predicted octanol–water partition coefficient (Wildman–Crippen LogP) is -4.18. The van der Waals surface area contributed by atoms with Crippen LogP contribution in [-0.4, -0.2) is 41.6 Å². The second kappa shape index (κ2) is 14.6. The molecule has 0 fully saturated rings. The van der Waals surface area contributed by atoms with Crippen LogP contribution in [0, 0.1) is 0 Å². The van der Waals surface area contributed by atoms with Crippen molar-refractivity contribution in [3.05, 3.63) is 30.3 Å². The van der Waals surface area contributed by atoms with Crippen LogP contribution < -0.4 is 64.4 Å². The Hall–Kier alpha value is 1.63. The Morgan fingerprint density at radius 1 is 0.923 bits per heavy atom. The van der Waals surface area contributed by atoms with Crippen molar-refractivity contribution >= 4 is 26.0 Å². The quantitative estimate of drug-likeness (QED) is 0.131. The van der Waals surface area contributed by atoms with Crippen molar-refractivity contribution in [2.45, 2.75) is 36.1 Å². The molecule has 8 nitrogen and oxygen atoms in total. The molecule has 0 aliphatic rings. The first-order valence-corrected chi connectivity index (χ1v) is 12.1. The van der Waals surface area contributed by atoms with Gasteiger partial charge in [-0.05, 0) is 31.5 Å². The van der Waals surface area contributed by atoms with Gasteiger partial charge in [0.1, 0.15) is 0 Å². The average molecular weight is 447 g/mol. The number of hydrogen-bond acceptors (Lipinski definition) is 4. The first-order valence-electron chi connectivity index (χ1n) is 7.39. The van der Waals surface area contributed by atoms with Gasteiger partial charge in [0.15, 0.2) is 0 Å². The number of unbranched alkanes of at least 4 members (excludes halogenated alkanes) is 3. The molecule has 0 heterocycles. The molecule has 0 bridgehead atoms. The molecule has 1 aromatic carbocycles. The van der Waals surface area contributed by atoms with E-state index in [0.29, 0.717) is 18.6 Å². The van der Waals surface area contributed by atoms with E-state index in [1.165, 1.54) is 0 Å². The summed E-state index contributed by atoms with van der Waals surface area (Å²) in [5.74, 6) is 0.533. The first kappa shape index (κ1) is 29.8. The molecule has 1 aromatic rings. The zero-order valence-electron chi connectivity index (χ0n) is 17.0. The standard InChI is InChI=1S/C13H23NO7P2S.2Na.2H/c15-22(16,17)13(23(18,19)20)14-10-6-1-2-7-11-24(21)12-8-4-3-5-9-12;;;;/h3-5,8-9,13-14H,1-2,6-7,10-11H2,(H2,15,16,17)(H2,18,19,20);;;;/q;2*+1;2*-1. The molecule has 0 aliphatic carbocycles. The van der Waals surface area contributed by atoms with Gasteiger partial charge in [0.25, 0.3) is 0 Å². The van der Waals surface area contributed by atoms with Crippen LogP contribution >= 0.6 is 15.2 Å². The summed E-state index contributed by atoms with van der Waals surface area (Å²) >= 11 is 0. The zero-order chi connectivity index (χ0) is 18.2.